The molecular weight excluding hydrogens is 311 g/mol. The highest BCUT2D eigenvalue weighted by atomic mass is 19.1. The summed E-state index contributed by atoms with van der Waals surface area (Å²) in [6.45, 7) is 2.41. The maximum Gasteiger partial charge on any atom is 0.254 e. The summed E-state index contributed by atoms with van der Waals surface area (Å²) in [4.78, 5) is 14.7. The molecule has 1 amide bonds. The Hall–Kier alpha value is -1.92. The van der Waals surface area contributed by atoms with Gasteiger partial charge in [-0.2, -0.15) is 0 Å². The first kappa shape index (κ1) is 16.9. The third-order valence-corrected chi connectivity index (χ3v) is 4.66. The number of nitrogens with two attached hydrogens (primary N) is 1. The fourth-order valence-electron chi connectivity index (χ4n) is 3.23. The second-order valence-corrected chi connectivity index (χ2v) is 6.17. The molecule has 0 radical (unpaired) electrons. The van der Waals surface area contributed by atoms with Crippen LogP contribution in [0.2, 0.25) is 0 Å². The largest absolute Gasteiger partial charge is 0.489 e. The van der Waals surface area contributed by atoms with Gasteiger partial charge in [0.15, 0.2) is 0 Å². The summed E-state index contributed by atoms with van der Waals surface area (Å²) in [5.74, 6) is 0.717. The van der Waals surface area contributed by atoms with Gasteiger partial charge >= 0.3 is 0 Å². The van der Waals surface area contributed by atoms with Crippen LogP contribution in [0.15, 0.2) is 30.1 Å². The fraction of sp³-hybridized carbons (Fsp3) is 0.500. The molecule has 0 unspecified atom stereocenters. The Morgan fingerprint density at radius 3 is 2.92 bits per heavy atom. The average Bonchev–Trinajstić information content (AvgIpc) is 2.63. The van der Waals surface area contributed by atoms with E-state index in [0.29, 0.717) is 17.7 Å². The zero-order valence-corrected chi connectivity index (χ0v) is 13.7. The minimum Gasteiger partial charge on any atom is -0.489 e. The molecule has 2 aliphatic heterocycles. The second kappa shape index (κ2) is 7.77. The van der Waals surface area contributed by atoms with E-state index in [1.54, 1.807) is 12.1 Å². The van der Waals surface area contributed by atoms with Crippen molar-refractivity contribution in [3.63, 3.8) is 0 Å². The highest BCUT2D eigenvalue weighted by molar-refractivity contribution is 5.97. The zero-order chi connectivity index (χ0) is 16.9. The molecule has 0 spiro atoms. The molecule has 0 saturated carbocycles. The molecule has 1 saturated heterocycles. The van der Waals surface area contributed by atoms with Crippen molar-refractivity contribution in [2.24, 2.45) is 5.73 Å². The number of hydrogen-bond donors (Lipinski definition) is 1. The van der Waals surface area contributed by atoms with E-state index in [1.165, 1.54) is 0 Å². The van der Waals surface area contributed by atoms with Gasteiger partial charge < -0.3 is 20.1 Å². The van der Waals surface area contributed by atoms with Gasteiger partial charge in [0.2, 0.25) is 0 Å². The first-order valence-corrected chi connectivity index (χ1v) is 8.35. The van der Waals surface area contributed by atoms with E-state index >= 15 is 0 Å². The van der Waals surface area contributed by atoms with Gasteiger partial charge in [-0.15, -0.1) is 0 Å². The maximum atomic E-state index is 12.8. The highest BCUT2D eigenvalue weighted by Crippen LogP contribution is 2.27. The lowest BCUT2D eigenvalue weighted by atomic mass is 9.95. The van der Waals surface area contributed by atoms with Crippen molar-refractivity contribution in [1.82, 2.24) is 4.90 Å². The van der Waals surface area contributed by atoms with Gasteiger partial charge in [0.25, 0.3) is 5.91 Å². The third-order valence-electron chi connectivity index (χ3n) is 4.66. The summed E-state index contributed by atoms with van der Waals surface area (Å²) in [5, 5.41) is 0. The van der Waals surface area contributed by atoms with Gasteiger partial charge in [-0.1, -0.05) is 0 Å². The lowest BCUT2D eigenvalue weighted by Gasteiger charge is -2.37. The Bertz CT molecular complexity index is 627. The zero-order valence-electron chi connectivity index (χ0n) is 13.7. The minimum atomic E-state index is 0.0843. The van der Waals surface area contributed by atoms with Crippen LogP contribution in [-0.2, 0) is 11.2 Å². The molecule has 2 aliphatic rings. The number of hydrogen-bond acceptors (Lipinski definition) is 4. The Morgan fingerprint density at radius 2 is 2.21 bits per heavy atom. The molecular formula is C18H23FN2O3. The van der Waals surface area contributed by atoms with Gasteiger partial charge in [-0.3, -0.25) is 4.79 Å². The van der Waals surface area contributed by atoms with E-state index in [0.717, 1.165) is 50.1 Å². The lowest BCUT2D eigenvalue weighted by molar-refractivity contribution is 0.0276. The van der Waals surface area contributed by atoms with Crippen LogP contribution in [0.3, 0.4) is 0 Å². The van der Waals surface area contributed by atoms with Crippen molar-refractivity contribution in [3.05, 3.63) is 41.2 Å². The number of halogens is 1. The number of nitrogens with zero attached hydrogens (tertiary/aromatic N) is 1. The molecule has 6 heteroatoms. The van der Waals surface area contributed by atoms with Gasteiger partial charge in [0.1, 0.15) is 12.4 Å². The summed E-state index contributed by atoms with van der Waals surface area (Å²) in [5.41, 5.74) is 7.53. The predicted octanol–water partition coefficient (Wildman–Crippen LogP) is 2.05. The van der Waals surface area contributed by atoms with Crippen LogP contribution in [0.1, 0.15) is 28.8 Å². The van der Waals surface area contributed by atoms with Crippen LogP contribution < -0.4 is 10.5 Å². The van der Waals surface area contributed by atoms with Crippen LogP contribution in [0.25, 0.3) is 0 Å². The normalized spacial score (nSPS) is 19.3. The number of carbonyl (C=O) groups is 1. The molecule has 2 heterocycles. The SMILES string of the molecule is NC/C(=C/F)COc1ccc2c(c1)CCN(C1CCOCC1)C2=O. The van der Waals surface area contributed by atoms with Crippen molar-refractivity contribution < 1.29 is 18.7 Å². The summed E-state index contributed by atoms with van der Waals surface area (Å²) in [6, 6.07) is 5.72. The number of rotatable bonds is 5. The van der Waals surface area contributed by atoms with Crippen molar-refractivity contribution in [2.75, 3.05) is 32.9 Å². The number of carbonyl (C=O) groups excluding carboxylic acids is 1. The van der Waals surface area contributed by atoms with E-state index in [-0.39, 0.29) is 25.1 Å². The van der Waals surface area contributed by atoms with E-state index in [1.807, 2.05) is 11.0 Å². The standard InChI is InChI=1S/C18H23FN2O3/c19-10-13(11-20)12-24-16-1-2-17-14(9-16)3-6-21(18(17)22)15-4-7-23-8-5-15/h1-2,9-10,15H,3-8,11-12,20H2/b13-10-. The van der Waals surface area contributed by atoms with Crippen molar-refractivity contribution in [3.8, 4) is 5.75 Å². The van der Waals surface area contributed by atoms with Gasteiger partial charge in [0, 0.05) is 43.5 Å². The first-order valence-electron chi connectivity index (χ1n) is 8.35. The topological polar surface area (TPSA) is 64.8 Å². The number of benzene rings is 1. The average molecular weight is 334 g/mol. The Balaban J connectivity index is 1.69. The van der Waals surface area contributed by atoms with Gasteiger partial charge in [-0.25, -0.2) is 4.39 Å². The molecule has 0 aromatic heterocycles. The van der Waals surface area contributed by atoms with E-state index in [4.69, 9.17) is 15.2 Å². The molecule has 130 valence electrons. The third kappa shape index (κ3) is 3.60. The molecule has 0 atom stereocenters. The lowest BCUT2D eigenvalue weighted by Crippen LogP contribution is -2.47. The van der Waals surface area contributed by atoms with Crippen molar-refractivity contribution in [1.29, 1.82) is 0 Å². The van der Waals surface area contributed by atoms with E-state index in [9.17, 15) is 9.18 Å². The Kier molecular flexibility index (Phi) is 5.48. The monoisotopic (exact) mass is 334 g/mol. The predicted molar refractivity (Wildman–Crippen MR) is 88.8 cm³/mol. The fourth-order valence-corrected chi connectivity index (χ4v) is 3.23. The highest BCUT2D eigenvalue weighted by Gasteiger charge is 2.31. The molecule has 24 heavy (non-hydrogen) atoms. The van der Waals surface area contributed by atoms with Crippen LogP contribution in [0, 0.1) is 0 Å². The molecule has 0 bridgehead atoms. The van der Waals surface area contributed by atoms with E-state index < -0.39 is 0 Å². The van der Waals surface area contributed by atoms with Gasteiger partial charge in [-0.05, 0) is 43.0 Å². The molecule has 1 fully saturated rings. The second-order valence-electron chi connectivity index (χ2n) is 6.17. The number of fused-ring (bicyclic) bond motifs is 1. The quantitative estimate of drug-likeness (QED) is 0.895. The maximum absolute atomic E-state index is 12.8. The molecule has 0 aliphatic carbocycles. The number of amides is 1. The first-order chi connectivity index (χ1) is 11.7. The molecule has 5 nitrogen and oxygen atoms in total. The van der Waals surface area contributed by atoms with Crippen LogP contribution >= 0.6 is 0 Å². The molecule has 3 rings (SSSR count). The van der Waals surface area contributed by atoms with Crippen molar-refractivity contribution >= 4 is 5.91 Å². The minimum absolute atomic E-state index is 0.0843. The summed E-state index contributed by atoms with van der Waals surface area (Å²) >= 11 is 0. The van der Waals surface area contributed by atoms with Crippen LogP contribution in [-0.4, -0.2) is 49.8 Å². The molecule has 1 aromatic rings. The smallest absolute Gasteiger partial charge is 0.254 e. The van der Waals surface area contributed by atoms with Crippen molar-refractivity contribution in [2.45, 2.75) is 25.3 Å². The van der Waals surface area contributed by atoms with Crippen LogP contribution in [0.4, 0.5) is 4.39 Å². The number of ether oxygens (including phenoxy) is 2. The summed E-state index contributed by atoms with van der Waals surface area (Å²) in [7, 11) is 0. The summed E-state index contributed by atoms with van der Waals surface area (Å²) < 4.78 is 23.5. The summed E-state index contributed by atoms with van der Waals surface area (Å²) in [6.07, 6.45) is 3.09. The molecule has 2 N–H and O–H groups in total. The van der Waals surface area contributed by atoms with Crippen LogP contribution in [0.5, 0.6) is 5.75 Å². The van der Waals surface area contributed by atoms with E-state index in [2.05, 4.69) is 0 Å². The van der Waals surface area contributed by atoms with Gasteiger partial charge in [0.05, 0.1) is 6.33 Å². The molecule has 1 aromatic carbocycles. The Morgan fingerprint density at radius 1 is 1.42 bits per heavy atom. The Labute approximate surface area is 141 Å².